The van der Waals surface area contributed by atoms with Crippen LogP contribution in [0.1, 0.15) is 60.2 Å². The zero-order chi connectivity index (χ0) is 17.2. The predicted octanol–water partition coefficient (Wildman–Crippen LogP) is 2.75. The summed E-state index contributed by atoms with van der Waals surface area (Å²) in [6.07, 6.45) is 11.2. The number of rotatable bonds is 4. The van der Waals surface area contributed by atoms with E-state index < -0.39 is 0 Å². The van der Waals surface area contributed by atoms with Crippen molar-refractivity contribution in [3.05, 3.63) is 46.1 Å². The Morgan fingerprint density at radius 3 is 2.76 bits per heavy atom. The summed E-state index contributed by atoms with van der Waals surface area (Å²) in [5.41, 5.74) is 4.16. The molecule has 2 aliphatic rings. The van der Waals surface area contributed by atoms with Crippen molar-refractivity contribution in [2.45, 2.75) is 51.5 Å². The fraction of sp³-hybridized carbons (Fsp3) is 0.500. The number of thiophene rings is 1. The lowest BCUT2D eigenvalue weighted by molar-refractivity contribution is -0.913. The summed E-state index contributed by atoms with van der Waals surface area (Å²) in [4.78, 5) is 19.3. The van der Waals surface area contributed by atoms with Gasteiger partial charge in [-0.2, -0.15) is 0 Å². The number of anilines is 1. The van der Waals surface area contributed by atoms with Crippen LogP contribution in [0.4, 0.5) is 5.00 Å². The normalized spacial score (nSPS) is 18.8. The Hall–Kier alpha value is -1.72. The van der Waals surface area contributed by atoms with E-state index in [-0.39, 0.29) is 11.9 Å². The standard InChI is InChI=1S/C20H25N3OS/c1-14(24)22-20-18(16-8-2-3-9-17(16)25-20)19(23-11-4-5-12-23)15-7-6-10-21-13-15/h6-7,10,13,19H,2-5,8-9,11-12H2,1H3,(H,22,24)/p+1/t19-/m1/s1. The Bertz CT molecular complexity index is 750. The molecule has 1 saturated heterocycles. The van der Waals surface area contributed by atoms with Crippen LogP contribution in [0.5, 0.6) is 0 Å². The number of pyridine rings is 1. The number of amides is 1. The van der Waals surface area contributed by atoms with Crippen molar-refractivity contribution in [3.63, 3.8) is 0 Å². The molecule has 0 bridgehead atoms. The van der Waals surface area contributed by atoms with Crippen molar-refractivity contribution < 1.29 is 9.69 Å². The van der Waals surface area contributed by atoms with Crippen LogP contribution in [0.25, 0.3) is 0 Å². The molecule has 0 unspecified atom stereocenters. The van der Waals surface area contributed by atoms with Gasteiger partial charge in [0.25, 0.3) is 0 Å². The van der Waals surface area contributed by atoms with Gasteiger partial charge in [-0.15, -0.1) is 11.3 Å². The molecule has 2 aromatic rings. The lowest BCUT2D eigenvalue weighted by Crippen LogP contribution is -3.10. The summed E-state index contributed by atoms with van der Waals surface area (Å²) in [5.74, 6) is 0.0289. The molecule has 0 aromatic carbocycles. The van der Waals surface area contributed by atoms with Gasteiger partial charge >= 0.3 is 0 Å². The second-order valence-electron chi connectivity index (χ2n) is 7.22. The van der Waals surface area contributed by atoms with Crippen LogP contribution in [0.2, 0.25) is 0 Å². The van der Waals surface area contributed by atoms with E-state index in [0.717, 1.165) is 17.8 Å². The average Bonchev–Trinajstić information content (AvgIpc) is 3.25. The number of carbonyl (C=O) groups excluding carboxylic acids is 1. The highest BCUT2D eigenvalue weighted by atomic mass is 32.1. The van der Waals surface area contributed by atoms with Crippen LogP contribution in [0.3, 0.4) is 0 Å². The first-order valence-electron chi connectivity index (χ1n) is 9.40. The maximum Gasteiger partial charge on any atom is 0.221 e. The first-order valence-corrected chi connectivity index (χ1v) is 10.2. The molecular weight excluding hydrogens is 330 g/mol. The molecule has 1 atom stereocenters. The van der Waals surface area contributed by atoms with Crippen molar-refractivity contribution in [1.29, 1.82) is 0 Å². The topological polar surface area (TPSA) is 46.4 Å². The Balaban J connectivity index is 1.85. The quantitative estimate of drug-likeness (QED) is 0.885. The molecule has 1 aliphatic heterocycles. The highest BCUT2D eigenvalue weighted by Crippen LogP contribution is 2.42. The van der Waals surface area contributed by atoms with Gasteiger partial charge in [0.15, 0.2) is 0 Å². The average molecular weight is 357 g/mol. The zero-order valence-electron chi connectivity index (χ0n) is 14.8. The summed E-state index contributed by atoms with van der Waals surface area (Å²) >= 11 is 1.81. The van der Waals surface area contributed by atoms with Crippen LogP contribution in [0, 0.1) is 0 Å². The maximum atomic E-state index is 11.8. The van der Waals surface area contributed by atoms with Gasteiger partial charge in [0.1, 0.15) is 11.0 Å². The van der Waals surface area contributed by atoms with E-state index in [1.807, 2.05) is 18.5 Å². The molecule has 0 radical (unpaired) electrons. The number of likely N-dealkylation sites (tertiary alicyclic amines) is 1. The summed E-state index contributed by atoms with van der Waals surface area (Å²) in [5, 5.41) is 4.23. The smallest absolute Gasteiger partial charge is 0.221 e. The van der Waals surface area contributed by atoms with Crippen molar-refractivity contribution in [2.24, 2.45) is 0 Å². The molecule has 5 heteroatoms. The van der Waals surface area contributed by atoms with Crippen molar-refractivity contribution in [2.75, 3.05) is 18.4 Å². The van der Waals surface area contributed by atoms with Gasteiger partial charge in [0, 0.05) is 42.6 Å². The highest BCUT2D eigenvalue weighted by Gasteiger charge is 2.36. The number of fused-ring (bicyclic) bond motifs is 1. The summed E-state index contributed by atoms with van der Waals surface area (Å²) in [7, 11) is 0. The lowest BCUT2D eigenvalue weighted by atomic mass is 9.89. The number of aryl methyl sites for hydroxylation is 1. The van der Waals surface area contributed by atoms with Gasteiger partial charge in [-0.05, 0) is 43.4 Å². The third-order valence-corrected chi connectivity index (χ3v) is 6.69. The van der Waals surface area contributed by atoms with Crippen molar-refractivity contribution >= 4 is 22.2 Å². The van der Waals surface area contributed by atoms with E-state index in [2.05, 4.69) is 16.4 Å². The van der Waals surface area contributed by atoms with Gasteiger partial charge in [-0.1, -0.05) is 0 Å². The van der Waals surface area contributed by atoms with Gasteiger partial charge in [0.05, 0.1) is 18.7 Å². The summed E-state index contributed by atoms with van der Waals surface area (Å²) in [6, 6.07) is 4.53. The van der Waals surface area contributed by atoms with E-state index in [1.165, 1.54) is 60.3 Å². The second-order valence-corrected chi connectivity index (χ2v) is 8.32. The number of quaternary nitrogens is 1. The minimum absolute atomic E-state index is 0.0289. The number of carbonyl (C=O) groups is 1. The Morgan fingerprint density at radius 1 is 1.24 bits per heavy atom. The van der Waals surface area contributed by atoms with Crippen molar-refractivity contribution in [3.8, 4) is 0 Å². The van der Waals surface area contributed by atoms with E-state index in [1.54, 1.807) is 23.2 Å². The SMILES string of the molecule is CC(=O)Nc1sc2c(c1[C@@H](c1cccnc1)[NH+]1CCCC1)CCCC2. The summed E-state index contributed by atoms with van der Waals surface area (Å²) < 4.78 is 0. The Morgan fingerprint density at radius 2 is 2.04 bits per heavy atom. The molecule has 2 aromatic heterocycles. The molecule has 4 rings (SSSR count). The van der Waals surface area contributed by atoms with Gasteiger partial charge in [-0.25, -0.2) is 0 Å². The molecule has 4 nitrogen and oxygen atoms in total. The molecule has 25 heavy (non-hydrogen) atoms. The largest absolute Gasteiger partial charge is 0.325 e. The van der Waals surface area contributed by atoms with Crippen LogP contribution < -0.4 is 10.2 Å². The Labute approximate surface area is 153 Å². The van der Waals surface area contributed by atoms with Crippen LogP contribution in [-0.4, -0.2) is 24.0 Å². The number of nitrogens with zero attached hydrogens (tertiary/aromatic N) is 1. The molecule has 132 valence electrons. The molecular formula is C20H26N3OS+. The molecule has 2 N–H and O–H groups in total. The number of nitrogens with one attached hydrogen (secondary N) is 2. The monoisotopic (exact) mass is 356 g/mol. The van der Waals surface area contributed by atoms with Crippen LogP contribution in [0.15, 0.2) is 24.5 Å². The molecule has 0 saturated carbocycles. The van der Waals surface area contributed by atoms with E-state index in [9.17, 15) is 4.79 Å². The van der Waals surface area contributed by atoms with E-state index in [4.69, 9.17) is 0 Å². The van der Waals surface area contributed by atoms with Crippen LogP contribution >= 0.6 is 11.3 Å². The van der Waals surface area contributed by atoms with E-state index in [0.29, 0.717) is 0 Å². The second kappa shape index (κ2) is 7.26. The van der Waals surface area contributed by atoms with E-state index >= 15 is 0 Å². The molecule has 1 fully saturated rings. The van der Waals surface area contributed by atoms with Crippen molar-refractivity contribution in [1.82, 2.24) is 4.98 Å². The lowest BCUT2D eigenvalue weighted by Gasteiger charge is -2.27. The third-order valence-electron chi connectivity index (χ3n) is 5.46. The zero-order valence-corrected chi connectivity index (χ0v) is 15.6. The first kappa shape index (κ1) is 16.7. The minimum atomic E-state index is 0.0289. The van der Waals surface area contributed by atoms with Crippen LogP contribution in [-0.2, 0) is 17.6 Å². The molecule has 1 aliphatic carbocycles. The fourth-order valence-corrected chi connectivity index (χ4v) is 5.79. The predicted molar refractivity (Wildman–Crippen MR) is 101 cm³/mol. The minimum Gasteiger partial charge on any atom is -0.325 e. The maximum absolute atomic E-state index is 11.8. The number of hydrogen-bond donors (Lipinski definition) is 2. The Kier molecular flexibility index (Phi) is 4.86. The molecule has 1 amide bonds. The fourth-order valence-electron chi connectivity index (χ4n) is 4.42. The molecule has 0 spiro atoms. The molecule has 3 heterocycles. The first-order chi connectivity index (χ1) is 12.2. The van der Waals surface area contributed by atoms with Gasteiger partial charge in [0.2, 0.25) is 5.91 Å². The highest BCUT2D eigenvalue weighted by molar-refractivity contribution is 7.16. The number of hydrogen-bond acceptors (Lipinski definition) is 3. The van der Waals surface area contributed by atoms with Gasteiger partial charge in [-0.3, -0.25) is 9.78 Å². The summed E-state index contributed by atoms with van der Waals surface area (Å²) in [6.45, 7) is 4.01. The number of aromatic nitrogens is 1. The third kappa shape index (κ3) is 3.35. The van der Waals surface area contributed by atoms with Gasteiger partial charge < -0.3 is 10.2 Å².